The molecule has 0 aliphatic heterocycles. The number of phosphoric acid groups is 1. The van der Waals surface area contributed by atoms with Crippen LogP contribution in [0.4, 0.5) is 0 Å². The monoisotopic (exact) mass is 812 g/mol. The van der Waals surface area contributed by atoms with E-state index in [4.69, 9.17) is 18.5 Å². The van der Waals surface area contributed by atoms with Crippen molar-refractivity contribution in [3.8, 4) is 0 Å². The van der Waals surface area contributed by atoms with Crippen molar-refractivity contribution in [3.63, 3.8) is 0 Å². The van der Waals surface area contributed by atoms with Crippen LogP contribution in [0, 0.1) is 0 Å². The van der Waals surface area contributed by atoms with Crippen molar-refractivity contribution in [2.75, 3.05) is 47.5 Å². The average molecular weight is 812 g/mol. The molecule has 56 heavy (non-hydrogen) atoms. The minimum absolute atomic E-state index is 0.0338. The number of carbonyl (C=O) groups excluding carboxylic acids is 2. The summed E-state index contributed by atoms with van der Waals surface area (Å²) in [7, 11) is 1.15. The van der Waals surface area contributed by atoms with Crippen LogP contribution in [0.1, 0.15) is 194 Å². The van der Waals surface area contributed by atoms with E-state index in [1.165, 1.54) is 96.3 Å². The Kier molecular flexibility index (Phi) is 37.5. The standard InChI is InChI=1S/C46H86NO8P/c1-6-8-10-12-14-16-18-20-22-23-25-26-28-30-32-34-36-38-45(48)52-42-44(43-54-56(50,51)53-41-40-47(3,4)5)55-46(49)39-37-35-33-31-29-27-24-21-19-17-15-13-11-9-7-2/h14,16,20,22,25-26,44H,6-13,15,17-19,21,23-24,27-43H2,1-5H3/b16-14-,22-20-,26-25-/t44-/m1/s1. The van der Waals surface area contributed by atoms with Gasteiger partial charge in [-0.25, -0.2) is 0 Å². The summed E-state index contributed by atoms with van der Waals surface area (Å²) in [6, 6.07) is 0. The predicted octanol–water partition coefficient (Wildman–Crippen LogP) is 12.3. The van der Waals surface area contributed by atoms with E-state index in [-0.39, 0.29) is 26.1 Å². The van der Waals surface area contributed by atoms with Crippen LogP contribution in [0.25, 0.3) is 0 Å². The Labute approximate surface area is 344 Å². The molecule has 0 radical (unpaired) electrons. The molecule has 0 aromatic heterocycles. The molecule has 0 amide bonds. The normalized spacial score (nSPS) is 13.9. The molecule has 2 atom stereocenters. The maximum atomic E-state index is 12.7. The highest BCUT2D eigenvalue weighted by molar-refractivity contribution is 7.45. The van der Waals surface area contributed by atoms with Crippen molar-refractivity contribution >= 4 is 19.8 Å². The van der Waals surface area contributed by atoms with Gasteiger partial charge in [-0.05, 0) is 51.4 Å². The molecule has 0 aliphatic carbocycles. The number of rotatable bonds is 41. The molecule has 0 aromatic rings. The van der Waals surface area contributed by atoms with Crippen molar-refractivity contribution in [2.24, 2.45) is 0 Å². The first-order valence-corrected chi connectivity index (χ1v) is 24.2. The quantitative estimate of drug-likeness (QED) is 0.0197. The fourth-order valence-corrected chi connectivity index (χ4v) is 6.80. The lowest BCUT2D eigenvalue weighted by molar-refractivity contribution is -0.870. The molecule has 0 bridgehead atoms. The second kappa shape index (κ2) is 38.7. The third kappa shape index (κ3) is 41.9. The van der Waals surface area contributed by atoms with Crippen LogP contribution in [0.15, 0.2) is 36.5 Å². The lowest BCUT2D eigenvalue weighted by Gasteiger charge is -2.28. The molecule has 0 aliphatic rings. The van der Waals surface area contributed by atoms with Crippen LogP contribution in [0.5, 0.6) is 0 Å². The smallest absolute Gasteiger partial charge is 0.306 e. The minimum atomic E-state index is -4.63. The fourth-order valence-electron chi connectivity index (χ4n) is 6.07. The van der Waals surface area contributed by atoms with Gasteiger partial charge in [0.2, 0.25) is 0 Å². The Morgan fingerprint density at radius 1 is 0.554 bits per heavy atom. The summed E-state index contributed by atoms with van der Waals surface area (Å²) in [6.45, 7) is 4.18. The van der Waals surface area contributed by atoms with Crippen molar-refractivity contribution in [3.05, 3.63) is 36.5 Å². The van der Waals surface area contributed by atoms with Gasteiger partial charge in [0.05, 0.1) is 27.7 Å². The highest BCUT2D eigenvalue weighted by atomic mass is 31.2. The van der Waals surface area contributed by atoms with Gasteiger partial charge in [0.1, 0.15) is 19.8 Å². The molecule has 9 nitrogen and oxygen atoms in total. The van der Waals surface area contributed by atoms with Gasteiger partial charge in [-0.1, -0.05) is 166 Å². The zero-order valence-corrected chi connectivity index (χ0v) is 37.7. The molecule has 0 saturated carbocycles. The molecule has 0 heterocycles. The predicted molar refractivity (Wildman–Crippen MR) is 231 cm³/mol. The second-order valence-electron chi connectivity index (χ2n) is 16.4. The Bertz CT molecular complexity index is 1050. The Hall–Kier alpha value is -1.77. The first-order valence-electron chi connectivity index (χ1n) is 22.7. The van der Waals surface area contributed by atoms with E-state index >= 15 is 0 Å². The average Bonchev–Trinajstić information content (AvgIpc) is 3.15. The lowest BCUT2D eigenvalue weighted by atomic mass is 10.0. The Morgan fingerprint density at radius 2 is 0.964 bits per heavy atom. The van der Waals surface area contributed by atoms with E-state index in [2.05, 4.69) is 50.3 Å². The molecule has 0 fully saturated rings. The molecule has 0 aromatic carbocycles. The van der Waals surface area contributed by atoms with Gasteiger partial charge >= 0.3 is 11.9 Å². The highest BCUT2D eigenvalue weighted by Crippen LogP contribution is 2.38. The van der Waals surface area contributed by atoms with Gasteiger partial charge in [-0.3, -0.25) is 14.2 Å². The van der Waals surface area contributed by atoms with E-state index in [9.17, 15) is 19.0 Å². The van der Waals surface area contributed by atoms with Gasteiger partial charge in [0, 0.05) is 12.8 Å². The van der Waals surface area contributed by atoms with Crippen LogP contribution in [0.2, 0.25) is 0 Å². The molecule has 0 N–H and O–H groups in total. The maximum absolute atomic E-state index is 12.7. The van der Waals surface area contributed by atoms with E-state index in [1.54, 1.807) is 0 Å². The van der Waals surface area contributed by atoms with Gasteiger partial charge in [-0.15, -0.1) is 0 Å². The molecule has 328 valence electrons. The Balaban J connectivity index is 4.37. The van der Waals surface area contributed by atoms with E-state index in [1.807, 2.05) is 21.1 Å². The summed E-state index contributed by atoms with van der Waals surface area (Å²) >= 11 is 0. The Morgan fingerprint density at radius 3 is 1.46 bits per heavy atom. The third-order valence-electron chi connectivity index (χ3n) is 9.66. The lowest BCUT2D eigenvalue weighted by Crippen LogP contribution is -2.37. The number of unbranched alkanes of at least 4 members (excludes halogenated alkanes) is 21. The number of allylic oxidation sites excluding steroid dienone is 6. The van der Waals surface area contributed by atoms with Crippen LogP contribution in [-0.4, -0.2) is 70.0 Å². The zero-order valence-electron chi connectivity index (χ0n) is 36.8. The van der Waals surface area contributed by atoms with Gasteiger partial charge in [0.15, 0.2) is 6.10 Å². The van der Waals surface area contributed by atoms with E-state index < -0.39 is 32.5 Å². The molecule has 0 rings (SSSR count). The second-order valence-corrected chi connectivity index (χ2v) is 17.8. The maximum Gasteiger partial charge on any atom is 0.306 e. The number of hydrogen-bond acceptors (Lipinski definition) is 8. The first-order chi connectivity index (χ1) is 27.0. The number of nitrogens with zero attached hydrogens (tertiary/aromatic N) is 1. The van der Waals surface area contributed by atoms with Gasteiger partial charge in [-0.2, -0.15) is 0 Å². The molecule has 1 unspecified atom stereocenters. The number of hydrogen-bond donors (Lipinski definition) is 0. The first kappa shape index (κ1) is 54.2. The number of quaternary nitrogens is 1. The number of phosphoric ester groups is 1. The fraction of sp³-hybridized carbons (Fsp3) is 0.826. The molecular weight excluding hydrogens is 725 g/mol. The van der Waals surface area contributed by atoms with Gasteiger partial charge in [0.25, 0.3) is 7.82 Å². The number of ether oxygens (including phenoxy) is 2. The van der Waals surface area contributed by atoms with E-state index in [0.29, 0.717) is 23.9 Å². The molecule has 0 saturated heterocycles. The van der Waals surface area contributed by atoms with Crippen molar-refractivity contribution in [1.82, 2.24) is 0 Å². The van der Waals surface area contributed by atoms with Crippen molar-refractivity contribution < 1.29 is 42.1 Å². The van der Waals surface area contributed by atoms with Crippen molar-refractivity contribution in [2.45, 2.75) is 200 Å². The van der Waals surface area contributed by atoms with Crippen molar-refractivity contribution in [1.29, 1.82) is 0 Å². The molecule has 10 heteroatoms. The van der Waals surface area contributed by atoms with Gasteiger partial charge < -0.3 is 27.9 Å². The minimum Gasteiger partial charge on any atom is -0.756 e. The van der Waals surface area contributed by atoms with Crippen LogP contribution < -0.4 is 4.89 Å². The SMILES string of the molecule is CCCCC/C=C\C/C=C\C/C=C\CCCCCCC(=O)OC[C@H](COP(=O)([O-])OCC[N+](C)(C)C)OC(=O)CCCCCCCCCCCCCCCCC. The number of esters is 2. The number of carbonyl (C=O) groups is 2. The summed E-state index contributed by atoms with van der Waals surface area (Å²) < 4.78 is 33.9. The summed E-state index contributed by atoms with van der Waals surface area (Å²) in [6.07, 6.45) is 43.0. The molecule has 0 spiro atoms. The van der Waals surface area contributed by atoms with Crippen LogP contribution in [-0.2, 0) is 32.7 Å². The summed E-state index contributed by atoms with van der Waals surface area (Å²) in [4.78, 5) is 37.5. The van der Waals surface area contributed by atoms with Crippen LogP contribution >= 0.6 is 7.82 Å². The summed E-state index contributed by atoms with van der Waals surface area (Å²) in [5, 5.41) is 0. The third-order valence-corrected chi connectivity index (χ3v) is 10.6. The summed E-state index contributed by atoms with van der Waals surface area (Å²) in [5.41, 5.74) is 0. The zero-order chi connectivity index (χ0) is 41.4. The molecular formula is C46H86NO8P. The topological polar surface area (TPSA) is 111 Å². The highest BCUT2D eigenvalue weighted by Gasteiger charge is 2.21. The van der Waals surface area contributed by atoms with Crippen LogP contribution in [0.3, 0.4) is 0 Å². The largest absolute Gasteiger partial charge is 0.756 e. The number of likely N-dealkylation sites (N-methyl/N-ethyl adjacent to an activating group) is 1. The van der Waals surface area contributed by atoms with E-state index in [0.717, 1.165) is 57.8 Å². The summed E-state index contributed by atoms with van der Waals surface area (Å²) in [5.74, 6) is -0.855.